The van der Waals surface area contributed by atoms with Gasteiger partial charge in [0.05, 0.1) is 16.5 Å². The van der Waals surface area contributed by atoms with Gasteiger partial charge in [-0.25, -0.2) is 13.5 Å². The summed E-state index contributed by atoms with van der Waals surface area (Å²) in [5.41, 5.74) is 3.58. The summed E-state index contributed by atoms with van der Waals surface area (Å²) in [6.07, 6.45) is -4.32. The first kappa shape index (κ1) is 29.0. The summed E-state index contributed by atoms with van der Waals surface area (Å²) in [6.45, 7) is 4.03. The number of aromatic nitrogens is 1. The predicted octanol–water partition coefficient (Wildman–Crippen LogP) is 6.16. The molecular weight excluding hydrogens is 555 g/mol. The van der Waals surface area contributed by atoms with Crippen LogP contribution in [0.2, 0.25) is 0 Å². The number of carbonyl (C=O) groups is 1. The second-order valence-electron chi connectivity index (χ2n) is 10.9. The van der Waals surface area contributed by atoms with Gasteiger partial charge in [0.15, 0.2) is 0 Å². The summed E-state index contributed by atoms with van der Waals surface area (Å²) in [5, 5.41) is 12.8. The average Bonchev–Trinajstić information content (AvgIpc) is 3.52. The van der Waals surface area contributed by atoms with Crippen LogP contribution in [0.4, 0.5) is 13.2 Å². The molecule has 0 spiro atoms. The molecule has 2 N–H and O–H groups in total. The van der Waals surface area contributed by atoms with Gasteiger partial charge in [0.1, 0.15) is 34.6 Å². The van der Waals surface area contributed by atoms with Crippen molar-refractivity contribution in [3.05, 3.63) is 77.5 Å². The molecular formula is C30H30F3N3O4S. The summed E-state index contributed by atoms with van der Waals surface area (Å²) in [7, 11) is -1.48. The summed E-state index contributed by atoms with van der Waals surface area (Å²) in [5.74, 6) is -0.347. The van der Waals surface area contributed by atoms with Crippen LogP contribution in [-0.4, -0.2) is 48.6 Å². The molecule has 2 atom stereocenters. The van der Waals surface area contributed by atoms with Crippen LogP contribution in [0.3, 0.4) is 0 Å². The van der Waals surface area contributed by atoms with E-state index in [4.69, 9.17) is 4.42 Å². The van der Waals surface area contributed by atoms with Crippen LogP contribution in [0.25, 0.3) is 33.6 Å². The molecule has 0 unspecified atom stereocenters. The van der Waals surface area contributed by atoms with E-state index in [0.29, 0.717) is 28.1 Å². The van der Waals surface area contributed by atoms with Crippen LogP contribution in [0.5, 0.6) is 0 Å². The number of furan rings is 1. The zero-order valence-corrected chi connectivity index (χ0v) is 23.6. The molecule has 3 heterocycles. The minimum atomic E-state index is -4.58. The Morgan fingerprint density at radius 1 is 1.10 bits per heavy atom. The molecule has 0 radical (unpaired) electrons. The van der Waals surface area contributed by atoms with Crippen LogP contribution in [0.1, 0.15) is 54.8 Å². The van der Waals surface area contributed by atoms with Gasteiger partial charge >= 0.3 is 6.18 Å². The molecule has 1 aliphatic heterocycles. The minimum Gasteiger partial charge on any atom is -0.456 e. The monoisotopic (exact) mass is 585 g/mol. The van der Waals surface area contributed by atoms with Crippen molar-refractivity contribution in [1.29, 1.82) is 0 Å². The van der Waals surface area contributed by atoms with Gasteiger partial charge in [0, 0.05) is 35.2 Å². The Morgan fingerprint density at radius 2 is 1.83 bits per heavy atom. The highest BCUT2D eigenvalue weighted by Gasteiger charge is 2.40. The lowest BCUT2D eigenvalue weighted by molar-refractivity contribution is -0.123. The third-order valence-electron chi connectivity index (χ3n) is 6.82. The van der Waals surface area contributed by atoms with E-state index < -0.39 is 40.4 Å². The van der Waals surface area contributed by atoms with Crippen molar-refractivity contribution in [2.75, 3.05) is 13.2 Å². The molecule has 0 saturated heterocycles. The van der Waals surface area contributed by atoms with Crippen molar-refractivity contribution >= 4 is 27.9 Å². The second kappa shape index (κ2) is 11.0. The van der Waals surface area contributed by atoms with E-state index in [0.717, 1.165) is 16.5 Å². The second-order valence-corrected chi connectivity index (χ2v) is 13.1. The average molecular weight is 586 g/mol. The molecule has 5 rings (SSSR count). The normalized spacial score (nSPS) is 16.6. The van der Waals surface area contributed by atoms with Crippen molar-refractivity contribution in [3.8, 4) is 22.6 Å². The maximum Gasteiger partial charge on any atom is 0.405 e. The fourth-order valence-corrected chi connectivity index (χ4v) is 6.42. The molecule has 41 heavy (non-hydrogen) atoms. The molecule has 2 aromatic heterocycles. The Hall–Kier alpha value is -3.54. The van der Waals surface area contributed by atoms with Gasteiger partial charge in [-0.1, -0.05) is 36.4 Å². The lowest BCUT2D eigenvalue weighted by Gasteiger charge is -2.30. The number of aliphatic hydroxyl groups is 1. The summed E-state index contributed by atoms with van der Waals surface area (Å²) < 4.78 is 59.3. The van der Waals surface area contributed by atoms with Gasteiger partial charge in [-0.05, 0) is 57.0 Å². The van der Waals surface area contributed by atoms with Crippen LogP contribution in [-0.2, 0) is 17.5 Å². The number of hydrogen-bond donors (Lipinski definition) is 2. The first-order valence-electron chi connectivity index (χ1n) is 13.1. The molecule has 1 amide bonds. The number of para-hydroxylation sites is 1. The number of fused-ring (bicyclic) bond motifs is 2. The number of carbonyl (C=O) groups excluding carboxylic acids is 1. The van der Waals surface area contributed by atoms with Crippen molar-refractivity contribution in [2.45, 2.75) is 50.7 Å². The topological polar surface area (TPSA) is 95.7 Å². The molecule has 0 bridgehead atoms. The zero-order chi connectivity index (χ0) is 29.5. The maximum absolute atomic E-state index is 13.5. The molecule has 11 heteroatoms. The fourth-order valence-electron chi connectivity index (χ4n) is 5.02. The maximum atomic E-state index is 13.5. The molecule has 7 nitrogen and oxygen atoms in total. The highest BCUT2D eigenvalue weighted by Crippen LogP contribution is 2.44. The Kier molecular flexibility index (Phi) is 7.80. The Labute approximate surface area is 238 Å². The largest absolute Gasteiger partial charge is 0.456 e. The number of aliphatic hydroxyl groups excluding tert-OH is 1. The highest BCUT2D eigenvalue weighted by molar-refractivity contribution is 7.84. The molecule has 216 valence electrons. The number of benzene rings is 2. The lowest BCUT2D eigenvalue weighted by atomic mass is 9.95. The number of nitrogens with zero attached hydrogens (tertiary/aromatic N) is 2. The van der Waals surface area contributed by atoms with E-state index in [1.807, 2.05) is 74.6 Å². The summed E-state index contributed by atoms with van der Waals surface area (Å²) in [6, 6.07) is 17.8. The number of alkyl halides is 3. The number of nitrogens with one attached hydrogen (secondary N) is 1. The van der Waals surface area contributed by atoms with Gasteiger partial charge in [0.2, 0.25) is 0 Å². The van der Waals surface area contributed by atoms with Gasteiger partial charge in [0.25, 0.3) is 5.91 Å². The van der Waals surface area contributed by atoms with Crippen molar-refractivity contribution < 1.29 is 31.7 Å². The number of halogens is 3. The minimum absolute atomic E-state index is 0.178. The smallest absolute Gasteiger partial charge is 0.405 e. The van der Waals surface area contributed by atoms with E-state index in [9.17, 15) is 27.3 Å². The van der Waals surface area contributed by atoms with E-state index in [1.165, 1.54) is 6.07 Å². The summed E-state index contributed by atoms with van der Waals surface area (Å²) in [4.78, 5) is 17.4. The van der Waals surface area contributed by atoms with E-state index in [2.05, 4.69) is 4.98 Å². The van der Waals surface area contributed by atoms with Crippen molar-refractivity contribution in [2.24, 2.45) is 0 Å². The highest BCUT2D eigenvalue weighted by atomic mass is 32.2. The SMILES string of the molecule is CC(C)(C)[S@@](=O)N1Cc2cc(C(=O)NCC(F)(F)F)nc(-c3cccc(-c4cc5ccccc5o4)c3)c2[C@H]1CCO. The first-order valence-corrected chi connectivity index (χ1v) is 14.2. The predicted molar refractivity (Wildman–Crippen MR) is 151 cm³/mol. The van der Waals surface area contributed by atoms with Crippen LogP contribution in [0.15, 0.2) is 65.1 Å². The lowest BCUT2D eigenvalue weighted by Crippen LogP contribution is -2.36. The van der Waals surface area contributed by atoms with Crippen molar-refractivity contribution in [3.63, 3.8) is 0 Å². The van der Waals surface area contributed by atoms with Crippen molar-refractivity contribution in [1.82, 2.24) is 14.6 Å². The molecule has 1 aliphatic rings. The molecule has 0 saturated carbocycles. The molecule has 2 aromatic carbocycles. The number of rotatable bonds is 7. The van der Waals surface area contributed by atoms with Crippen LogP contribution < -0.4 is 5.32 Å². The number of hydrogen-bond acceptors (Lipinski definition) is 5. The zero-order valence-electron chi connectivity index (χ0n) is 22.8. The number of pyridine rings is 1. The molecule has 0 fully saturated rings. The third kappa shape index (κ3) is 6.07. The number of amides is 1. The third-order valence-corrected chi connectivity index (χ3v) is 8.68. The first-order chi connectivity index (χ1) is 19.4. The Balaban J connectivity index is 1.64. The van der Waals surface area contributed by atoms with E-state index >= 15 is 0 Å². The molecule has 4 aromatic rings. The Morgan fingerprint density at radius 3 is 2.51 bits per heavy atom. The summed E-state index contributed by atoms with van der Waals surface area (Å²) >= 11 is 0. The fraction of sp³-hybridized carbons (Fsp3) is 0.333. The standard InChI is InChI=1S/C30H30F3N3O4S/c1-29(2,3)41(39)36-16-21-14-22(28(38)34-17-30(31,32)33)35-27(26(21)23(36)11-12-37)20-9-6-8-18(13-20)25-15-19-7-4-5-10-24(19)40-25/h4-10,13-15,23,37H,11-12,16-17H2,1-3H3,(H,34,38)/t23-,41-/m1/s1. The Bertz CT molecular complexity index is 1590. The van der Waals surface area contributed by atoms with Crippen LogP contribution in [0, 0.1) is 0 Å². The van der Waals surface area contributed by atoms with Gasteiger partial charge in [-0.15, -0.1) is 0 Å². The van der Waals surface area contributed by atoms with E-state index in [1.54, 1.807) is 10.4 Å². The van der Waals surface area contributed by atoms with Gasteiger partial charge in [-0.3, -0.25) is 4.79 Å². The van der Waals surface area contributed by atoms with Gasteiger partial charge in [-0.2, -0.15) is 13.2 Å². The quantitative estimate of drug-likeness (QED) is 0.271. The van der Waals surface area contributed by atoms with E-state index in [-0.39, 0.29) is 25.3 Å². The van der Waals surface area contributed by atoms with Gasteiger partial charge < -0.3 is 14.8 Å². The molecule has 0 aliphatic carbocycles. The van der Waals surface area contributed by atoms with Crippen LogP contribution >= 0.6 is 0 Å².